The van der Waals surface area contributed by atoms with Crippen LogP contribution >= 0.6 is 0 Å². The standard InChI is InChI=1S/C16H17N3O2/c1-12-2-3-15(18-10-12)21-14-6-9-19(11-14)16(20)13-4-7-17-8-5-13/h2-5,7-8,10,14H,6,9,11H2,1H3. The van der Waals surface area contributed by atoms with Crippen molar-refractivity contribution in [2.45, 2.75) is 19.4 Å². The summed E-state index contributed by atoms with van der Waals surface area (Å²) in [4.78, 5) is 22.3. The lowest BCUT2D eigenvalue weighted by atomic mass is 10.2. The summed E-state index contributed by atoms with van der Waals surface area (Å²) in [7, 11) is 0. The van der Waals surface area contributed by atoms with Gasteiger partial charge in [0.15, 0.2) is 0 Å². The first-order chi connectivity index (χ1) is 10.2. The number of likely N-dealkylation sites (tertiary alicyclic amines) is 1. The van der Waals surface area contributed by atoms with E-state index in [1.165, 1.54) is 0 Å². The number of ether oxygens (including phenoxy) is 1. The molecule has 0 N–H and O–H groups in total. The lowest BCUT2D eigenvalue weighted by Crippen LogP contribution is -2.31. The van der Waals surface area contributed by atoms with Crippen LogP contribution in [0, 0.1) is 6.92 Å². The zero-order valence-corrected chi connectivity index (χ0v) is 11.9. The first kappa shape index (κ1) is 13.5. The molecule has 1 fully saturated rings. The lowest BCUT2D eigenvalue weighted by Gasteiger charge is -2.17. The van der Waals surface area contributed by atoms with E-state index in [1.807, 2.05) is 24.0 Å². The summed E-state index contributed by atoms with van der Waals surface area (Å²) in [6, 6.07) is 7.30. The maximum atomic E-state index is 12.3. The fraction of sp³-hybridized carbons (Fsp3) is 0.312. The summed E-state index contributed by atoms with van der Waals surface area (Å²) in [5, 5.41) is 0. The van der Waals surface area contributed by atoms with Gasteiger partial charge in [0.05, 0.1) is 6.54 Å². The van der Waals surface area contributed by atoms with Crippen molar-refractivity contribution in [3.8, 4) is 5.88 Å². The van der Waals surface area contributed by atoms with Crippen molar-refractivity contribution >= 4 is 5.91 Å². The molecule has 1 saturated heterocycles. The fourth-order valence-corrected chi connectivity index (χ4v) is 2.38. The van der Waals surface area contributed by atoms with Gasteiger partial charge in [0.25, 0.3) is 5.91 Å². The smallest absolute Gasteiger partial charge is 0.254 e. The zero-order chi connectivity index (χ0) is 14.7. The normalized spacial score (nSPS) is 17.8. The number of hydrogen-bond donors (Lipinski definition) is 0. The van der Waals surface area contributed by atoms with E-state index < -0.39 is 0 Å². The molecule has 5 nitrogen and oxygen atoms in total. The van der Waals surface area contributed by atoms with Gasteiger partial charge in [-0.05, 0) is 24.6 Å². The van der Waals surface area contributed by atoms with Gasteiger partial charge in [0.1, 0.15) is 6.10 Å². The number of carbonyl (C=O) groups excluding carboxylic acids is 1. The van der Waals surface area contributed by atoms with E-state index in [-0.39, 0.29) is 12.0 Å². The molecule has 0 saturated carbocycles. The van der Waals surface area contributed by atoms with Crippen molar-refractivity contribution in [1.29, 1.82) is 0 Å². The van der Waals surface area contributed by atoms with Gasteiger partial charge in [-0.3, -0.25) is 9.78 Å². The van der Waals surface area contributed by atoms with Crippen LogP contribution in [0.5, 0.6) is 5.88 Å². The predicted octanol–water partition coefficient (Wildman–Crippen LogP) is 2.08. The van der Waals surface area contributed by atoms with E-state index in [2.05, 4.69) is 9.97 Å². The molecular formula is C16H17N3O2. The molecule has 0 bridgehead atoms. The molecule has 1 aliphatic rings. The van der Waals surface area contributed by atoms with E-state index in [4.69, 9.17) is 4.74 Å². The van der Waals surface area contributed by atoms with Gasteiger partial charge in [-0.25, -0.2) is 4.98 Å². The third kappa shape index (κ3) is 3.18. The average molecular weight is 283 g/mol. The van der Waals surface area contributed by atoms with Crippen LogP contribution in [0.15, 0.2) is 42.9 Å². The Balaban J connectivity index is 1.60. The van der Waals surface area contributed by atoms with E-state index in [0.29, 0.717) is 24.5 Å². The van der Waals surface area contributed by atoms with Gasteiger partial charge in [0, 0.05) is 43.2 Å². The second-order valence-corrected chi connectivity index (χ2v) is 5.19. The van der Waals surface area contributed by atoms with E-state index in [1.54, 1.807) is 30.7 Å². The van der Waals surface area contributed by atoms with Gasteiger partial charge in [-0.15, -0.1) is 0 Å². The van der Waals surface area contributed by atoms with Crippen molar-refractivity contribution < 1.29 is 9.53 Å². The summed E-state index contributed by atoms with van der Waals surface area (Å²) in [6.45, 7) is 3.29. The average Bonchev–Trinajstić information content (AvgIpc) is 2.98. The number of pyridine rings is 2. The van der Waals surface area contributed by atoms with Gasteiger partial charge < -0.3 is 9.64 Å². The lowest BCUT2D eigenvalue weighted by molar-refractivity contribution is 0.0771. The second-order valence-electron chi connectivity index (χ2n) is 5.19. The molecule has 1 aliphatic heterocycles. The van der Waals surface area contributed by atoms with Crippen molar-refractivity contribution in [3.63, 3.8) is 0 Å². The number of amides is 1. The molecule has 0 aliphatic carbocycles. The molecule has 2 aromatic rings. The molecular weight excluding hydrogens is 266 g/mol. The Morgan fingerprint density at radius 3 is 2.81 bits per heavy atom. The summed E-state index contributed by atoms with van der Waals surface area (Å²) >= 11 is 0. The number of aromatic nitrogens is 2. The van der Waals surface area contributed by atoms with Crippen LogP contribution in [0.2, 0.25) is 0 Å². The maximum Gasteiger partial charge on any atom is 0.254 e. The first-order valence-corrected chi connectivity index (χ1v) is 7.01. The molecule has 0 spiro atoms. The SMILES string of the molecule is Cc1ccc(OC2CCN(C(=O)c3ccncc3)C2)nc1. The van der Waals surface area contributed by atoms with Crippen LogP contribution in [0.1, 0.15) is 22.3 Å². The molecule has 1 unspecified atom stereocenters. The number of nitrogens with zero attached hydrogens (tertiary/aromatic N) is 3. The van der Waals surface area contributed by atoms with Crippen LogP contribution in [0.25, 0.3) is 0 Å². The van der Waals surface area contributed by atoms with Gasteiger partial charge in [-0.1, -0.05) is 6.07 Å². The molecule has 0 aromatic carbocycles. The largest absolute Gasteiger partial charge is 0.472 e. The van der Waals surface area contributed by atoms with Crippen molar-refractivity contribution in [3.05, 3.63) is 54.0 Å². The van der Waals surface area contributed by atoms with Crippen LogP contribution in [-0.4, -0.2) is 40.0 Å². The molecule has 1 amide bonds. The minimum absolute atomic E-state index is 0.00555. The third-order valence-electron chi connectivity index (χ3n) is 3.53. The van der Waals surface area contributed by atoms with Crippen LogP contribution in [0.3, 0.4) is 0 Å². The monoisotopic (exact) mass is 283 g/mol. The quantitative estimate of drug-likeness (QED) is 0.865. The number of aryl methyl sites for hydroxylation is 1. The molecule has 3 rings (SSSR count). The number of rotatable bonds is 3. The van der Waals surface area contributed by atoms with E-state index in [0.717, 1.165) is 12.0 Å². The van der Waals surface area contributed by atoms with E-state index in [9.17, 15) is 4.79 Å². The van der Waals surface area contributed by atoms with Crippen LogP contribution in [-0.2, 0) is 0 Å². The van der Waals surface area contributed by atoms with Crippen molar-refractivity contribution in [2.75, 3.05) is 13.1 Å². The van der Waals surface area contributed by atoms with Gasteiger partial charge in [-0.2, -0.15) is 0 Å². The zero-order valence-electron chi connectivity index (χ0n) is 11.9. The highest BCUT2D eigenvalue weighted by atomic mass is 16.5. The molecule has 21 heavy (non-hydrogen) atoms. The Morgan fingerprint density at radius 2 is 2.10 bits per heavy atom. The molecule has 2 aromatic heterocycles. The minimum Gasteiger partial charge on any atom is -0.472 e. The summed E-state index contributed by atoms with van der Waals surface area (Å²) in [5.41, 5.74) is 1.77. The topological polar surface area (TPSA) is 55.3 Å². The molecule has 1 atom stereocenters. The summed E-state index contributed by atoms with van der Waals surface area (Å²) in [5.74, 6) is 0.643. The Hall–Kier alpha value is -2.43. The highest BCUT2D eigenvalue weighted by Gasteiger charge is 2.28. The summed E-state index contributed by atoms with van der Waals surface area (Å²) in [6.07, 6.45) is 5.88. The Kier molecular flexibility index (Phi) is 3.81. The minimum atomic E-state index is 0.00555. The number of carbonyl (C=O) groups is 1. The van der Waals surface area contributed by atoms with Crippen molar-refractivity contribution in [1.82, 2.24) is 14.9 Å². The molecule has 3 heterocycles. The highest BCUT2D eigenvalue weighted by molar-refractivity contribution is 5.94. The Bertz CT molecular complexity index is 613. The maximum absolute atomic E-state index is 12.3. The van der Waals surface area contributed by atoms with Crippen LogP contribution < -0.4 is 4.74 Å². The molecule has 108 valence electrons. The fourth-order valence-electron chi connectivity index (χ4n) is 2.38. The Labute approximate surface area is 123 Å². The second kappa shape index (κ2) is 5.91. The van der Waals surface area contributed by atoms with E-state index >= 15 is 0 Å². The molecule has 0 radical (unpaired) electrons. The molecule has 5 heteroatoms. The first-order valence-electron chi connectivity index (χ1n) is 7.01. The summed E-state index contributed by atoms with van der Waals surface area (Å²) < 4.78 is 5.83. The Morgan fingerprint density at radius 1 is 1.29 bits per heavy atom. The van der Waals surface area contributed by atoms with Crippen LogP contribution in [0.4, 0.5) is 0 Å². The number of hydrogen-bond acceptors (Lipinski definition) is 4. The van der Waals surface area contributed by atoms with Gasteiger partial charge in [0.2, 0.25) is 5.88 Å². The highest BCUT2D eigenvalue weighted by Crippen LogP contribution is 2.18. The van der Waals surface area contributed by atoms with Crippen molar-refractivity contribution in [2.24, 2.45) is 0 Å². The van der Waals surface area contributed by atoms with Gasteiger partial charge >= 0.3 is 0 Å². The third-order valence-corrected chi connectivity index (χ3v) is 3.53. The predicted molar refractivity (Wildman–Crippen MR) is 78.1 cm³/mol.